The third-order valence-corrected chi connectivity index (χ3v) is 3.99. The van der Waals surface area contributed by atoms with Gasteiger partial charge < -0.3 is 10.1 Å². The van der Waals surface area contributed by atoms with Gasteiger partial charge in [0.1, 0.15) is 6.04 Å². The summed E-state index contributed by atoms with van der Waals surface area (Å²) in [5.74, 6) is -1.54. The number of hydrogen-bond acceptors (Lipinski definition) is 3. The molecule has 1 amide bonds. The van der Waals surface area contributed by atoms with Crippen LogP contribution < -0.4 is 5.32 Å². The molecular formula is C18H15ClF3NO3. The Morgan fingerprint density at radius 2 is 1.73 bits per heavy atom. The van der Waals surface area contributed by atoms with Crippen molar-refractivity contribution in [1.29, 1.82) is 0 Å². The predicted octanol–water partition coefficient (Wildman–Crippen LogP) is 3.87. The van der Waals surface area contributed by atoms with Crippen molar-refractivity contribution in [1.82, 2.24) is 5.32 Å². The fourth-order valence-electron chi connectivity index (χ4n) is 2.41. The number of carbonyl (C=O) groups excluding carboxylic acids is 2. The van der Waals surface area contributed by atoms with E-state index in [0.29, 0.717) is 0 Å². The first-order valence-electron chi connectivity index (χ1n) is 7.52. The van der Waals surface area contributed by atoms with Crippen molar-refractivity contribution in [2.45, 2.75) is 18.6 Å². The topological polar surface area (TPSA) is 55.4 Å². The highest BCUT2D eigenvalue weighted by molar-refractivity contribution is 6.33. The van der Waals surface area contributed by atoms with Gasteiger partial charge in [0, 0.05) is 6.42 Å². The predicted molar refractivity (Wildman–Crippen MR) is 89.9 cm³/mol. The van der Waals surface area contributed by atoms with Crippen molar-refractivity contribution in [3.63, 3.8) is 0 Å². The summed E-state index contributed by atoms with van der Waals surface area (Å²) in [6.07, 6.45) is -4.96. The lowest BCUT2D eigenvalue weighted by atomic mass is 9.99. The summed E-state index contributed by atoms with van der Waals surface area (Å²) in [5.41, 5.74) is -0.900. The molecule has 0 aliphatic carbocycles. The van der Waals surface area contributed by atoms with E-state index in [9.17, 15) is 22.8 Å². The van der Waals surface area contributed by atoms with Crippen LogP contribution >= 0.6 is 11.6 Å². The molecule has 0 saturated heterocycles. The van der Waals surface area contributed by atoms with Gasteiger partial charge in [-0.3, -0.25) is 4.79 Å². The number of alkyl halides is 3. The average molecular weight is 386 g/mol. The number of nitrogens with one attached hydrogen (secondary N) is 1. The number of esters is 1. The zero-order valence-corrected chi connectivity index (χ0v) is 14.4. The molecular weight excluding hydrogens is 371 g/mol. The van der Waals surface area contributed by atoms with E-state index in [2.05, 4.69) is 10.1 Å². The largest absolute Gasteiger partial charge is 0.467 e. The van der Waals surface area contributed by atoms with E-state index in [1.165, 1.54) is 30.3 Å². The average Bonchev–Trinajstić information content (AvgIpc) is 2.60. The molecule has 2 aromatic rings. The first kappa shape index (κ1) is 19.8. The molecule has 138 valence electrons. The van der Waals surface area contributed by atoms with Gasteiger partial charge >= 0.3 is 12.1 Å². The van der Waals surface area contributed by atoms with Crippen LogP contribution in [-0.4, -0.2) is 25.0 Å². The molecule has 0 aliphatic heterocycles. The summed E-state index contributed by atoms with van der Waals surface area (Å²) in [6, 6.07) is 9.67. The van der Waals surface area contributed by atoms with Crippen LogP contribution in [-0.2, 0) is 22.1 Å². The number of rotatable bonds is 5. The molecule has 8 heteroatoms. The van der Waals surface area contributed by atoms with Crippen LogP contribution in [0.25, 0.3) is 0 Å². The standard InChI is InChI=1S/C18H15ClF3NO3/c1-26-17(25)15(23-16(24)12-7-3-5-9-14(12)19)10-11-6-2-4-8-13(11)18(20,21)22/h2-9,15H,10H2,1H3,(H,23,24)/t15-/m0/s1. The molecule has 2 aromatic carbocycles. The first-order valence-corrected chi connectivity index (χ1v) is 7.90. The number of carbonyl (C=O) groups is 2. The second-order valence-electron chi connectivity index (χ2n) is 5.39. The van der Waals surface area contributed by atoms with Gasteiger partial charge in [-0.15, -0.1) is 0 Å². The van der Waals surface area contributed by atoms with Gasteiger partial charge in [-0.2, -0.15) is 13.2 Å². The Bertz CT molecular complexity index is 808. The van der Waals surface area contributed by atoms with Crippen LogP contribution in [0.2, 0.25) is 5.02 Å². The molecule has 0 saturated carbocycles. The van der Waals surface area contributed by atoms with Crippen molar-refractivity contribution < 1.29 is 27.5 Å². The fourth-order valence-corrected chi connectivity index (χ4v) is 2.63. The Morgan fingerprint density at radius 3 is 2.35 bits per heavy atom. The number of amides is 1. The Balaban J connectivity index is 2.29. The molecule has 1 N–H and O–H groups in total. The van der Waals surface area contributed by atoms with E-state index in [-0.39, 0.29) is 22.6 Å². The Hall–Kier alpha value is -2.54. The number of methoxy groups -OCH3 is 1. The van der Waals surface area contributed by atoms with Gasteiger partial charge in [0.25, 0.3) is 5.91 Å². The van der Waals surface area contributed by atoms with Crippen molar-refractivity contribution in [3.8, 4) is 0 Å². The van der Waals surface area contributed by atoms with E-state index in [1.807, 2.05) is 0 Å². The van der Waals surface area contributed by atoms with Crippen LogP contribution in [0.5, 0.6) is 0 Å². The van der Waals surface area contributed by atoms with E-state index in [1.54, 1.807) is 12.1 Å². The minimum absolute atomic E-state index is 0.104. The Kier molecular flexibility index (Phi) is 6.26. The lowest BCUT2D eigenvalue weighted by molar-refractivity contribution is -0.144. The van der Waals surface area contributed by atoms with E-state index in [4.69, 9.17) is 11.6 Å². The highest BCUT2D eigenvalue weighted by atomic mass is 35.5. The van der Waals surface area contributed by atoms with Crippen LogP contribution in [0.1, 0.15) is 21.5 Å². The first-order chi connectivity index (χ1) is 12.2. The molecule has 26 heavy (non-hydrogen) atoms. The smallest absolute Gasteiger partial charge is 0.416 e. The summed E-state index contributed by atoms with van der Waals surface area (Å²) in [7, 11) is 1.09. The van der Waals surface area contributed by atoms with Gasteiger partial charge in [-0.1, -0.05) is 41.9 Å². The molecule has 1 atom stereocenters. The third-order valence-electron chi connectivity index (χ3n) is 3.66. The summed E-state index contributed by atoms with van der Waals surface area (Å²) in [5, 5.41) is 2.54. The molecule has 0 fully saturated rings. The second kappa shape index (κ2) is 8.23. The van der Waals surface area contributed by atoms with Crippen molar-refractivity contribution in [2.75, 3.05) is 7.11 Å². The number of benzene rings is 2. The zero-order valence-electron chi connectivity index (χ0n) is 13.6. The highest BCUT2D eigenvalue weighted by Crippen LogP contribution is 2.32. The molecule has 0 radical (unpaired) electrons. The third kappa shape index (κ3) is 4.76. The van der Waals surface area contributed by atoms with Gasteiger partial charge in [-0.25, -0.2) is 4.79 Å². The van der Waals surface area contributed by atoms with Crippen LogP contribution in [0.3, 0.4) is 0 Å². The van der Waals surface area contributed by atoms with Gasteiger partial charge in [0.15, 0.2) is 0 Å². The van der Waals surface area contributed by atoms with E-state index < -0.39 is 29.7 Å². The SMILES string of the molecule is COC(=O)[C@H](Cc1ccccc1C(F)(F)F)NC(=O)c1ccccc1Cl. The second-order valence-corrected chi connectivity index (χ2v) is 5.80. The zero-order chi connectivity index (χ0) is 19.3. The van der Waals surface area contributed by atoms with E-state index in [0.717, 1.165) is 13.2 Å². The van der Waals surface area contributed by atoms with Crippen molar-refractivity contribution in [2.24, 2.45) is 0 Å². The summed E-state index contributed by atoms with van der Waals surface area (Å²) < 4.78 is 44.0. The van der Waals surface area contributed by atoms with Crippen molar-refractivity contribution >= 4 is 23.5 Å². The molecule has 0 aliphatic rings. The van der Waals surface area contributed by atoms with Crippen LogP contribution in [0.4, 0.5) is 13.2 Å². The minimum atomic E-state index is -4.58. The molecule has 4 nitrogen and oxygen atoms in total. The maximum atomic E-state index is 13.1. The quantitative estimate of drug-likeness (QED) is 0.795. The molecule has 0 heterocycles. The molecule has 0 aromatic heterocycles. The lowest BCUT2D eigenvalue weighted by Crippen LogP contribution is -2.43. The molecule has 0 bridgehead atoms. The summed E-state index contributed by atoms with van der Waals surface area (Å²) in [4.78, 5) is 24.3. The van der Waals surface area contributed by atoms with Crippen LogP contribution in [0.15, 0.2) is 48.5 Å². The maximum absolute atomic E-state index is 13.1. The molecule has 0 spiro atoms. The van der Waals surface area contributed by atoms with Crippen molar-refractivity contribution in [3.05, 3.63) is 70.2 Å². The van der Waals surface area contributed by atoms with E-state index >= 15 is 0 Å². The fraction of sp³-hybridized carbons (Fsp3) is 0.222. The highest BCUT2D eigenvalue weighted by Gasteiger charge is 2.34. The number of hydrogen-bond donors (Lipinski definition) is 1. The minimum Gasteiger partial charge on any atom is -0.467 e. The maximum Gasteiger partial charge on any atom is 0.416 e. The number of ether oxygens (including phenoxy) is 1. The Morgan fingerprint density at radius 1 is 1.12 bits per heavy atom. The monoisotopic (exact) mass is 385 g/mol. The Labute approximate surface area is 152 Å². The molecule has 0 unspecified atom stereocenters. The normalized spacial score (nSPS) is 12.3. The van der Waals surface area contributed by atoms with Gasteiger partial charge in [0.2, 0.25) is 0 Å². The lowest BCUT2D eigenvalue weighted by Gasteiger charge is -2.19. The summed E-state index contributed by atoms with van der Waals surface area (Å²) >= 11 is 5.94. The number of halogens is 4. The van der Waals surface area contributed by atoms with Gasteiger partial charge in [0.05, 0.1) is 23.3 Å². The summed E-state index contributed by atoms with van der Waals surface area (Å²) in [6.45, 7) is 0. The molecule has 2 rings (SSSR count). The van der Waals surface area contributed by atoms with Crippen LogP contribution in [0, 0.1) is 0 Å². The van der Waals surface area contributed by atoms with Gasteiger partial charge in [-0.05, 0) is 23.8 Å².